The predicted octanol–water partition coefficient (Wildman–Crippen LogP) is 2.19. The summed E-state index contributed by atoms with van der Waals surface area (Å²) >= 11 is 0. The second-order valence-electron chi connectivity index (χ2n) is 8.56. The van der Waals surface area contributed by atoms with Crippen molar-refractivity contribution in [2.24, 2.45) is 0 Å². The normalized spacial score (nSPS) is 19.6. The number of hydrogen-bond donors (Lipinski definition) is 3. The van der Waals surface area contributed by atoms with Crippen molar-refractivity contribution in [1.29, 1.82) is 0 Å². The minimum Gasteiger partial charge on any atom is -0.490 e. The molecule has 2 fully saturated rings. The third kappa shape index (κ3) is 4.41. The average Bonchev–Trinajstić information content (AvgIpc) is 3.36. The molecular formula is C23H28FN5O3. The fourth-order valence-electron chi connectivity index (χ4n) is 4.25. The Morgan fingerprint density at radius 2 is 2.12 bits per heavy atom. The lowest BCUT2D eigenvalue weighted by atomic mass is 10.0. The van der Waals surface area contributed by atoms with Gasteiger partial charge in [-0.2, -0.15) is 5.10 Å². The molecule has 2 aliphatic rings. The number of benzene rings is 1. The van der Waals surface area contributed by atoms with E-state index in [0.717, 1.165) is 48.5 Å². The molecule has 1 aromatic carbocycles. The molecule has 2 atom stereocenters. The van der Waals surface area contributed by atoms with Gasteiger partial charge in [0.1, 0.15) is 30.1 Å². The highest BCUT2D eigenvalue weighted by Crippen LogP contribution is 2.40. The number of fused-ring (bicyclic) bond motifs is 1. The zero-order valence-corrected chi connectivity index (χ0v) is 17.8. The van der Waals surface area contributed by atoms with E-state index >= 15 is 0 Å². The number of rotatable bonds is 9. The number of aliphatic hydroxyl groups excluding tert-OH is 2. The van der Waals surface area contributed by atoms with Crippen LogP contribution in [0.25, 0.3) is 5.65 Å². The van der Waals surface area contributed by atoms with Crippen LogP contribution < -0.4 is 15.0 Å². The van der Waals surface area contributed by atoms with Crippen LogP contribution >= 0.6 is 0 Å². The molecule has 1 saturated carbocycles. The summed E-state index contributed by atoms with van der Waals surface area (Å²) in [6.45, 7) is 1.09. The van der Waals surface area contributed by atoms with Gasteiger partial charge < -0.3 is 25.2 Å². The van der Waals surface area contributed by atoms with Crippen LogP contribution in [0.1, 0.15) is 42.9 Å². The first-order valence-corrected chi connectivity index (χ1v) is 11.2. The fraction of sp³-hybridized carbons (Fsp3) is 0.478. The minimum atomic E-state index is -0.985. The zero-order chi connectivity index (χ0) is 22.1. The van der Waals surface area contributed by atoms with Crippen LogP contribution in [0.5, 0.6) is 5.75 Å². The summed E-state index contributed by atoms with van der Waals surface area (Å²) in [6.07, 6.45) is 7.01. The van der Waals surface area contributed by atoms with Crippen LogP contribution in [-0.4, -0.2) is 56.7 Å². The summed E-state index contributed by atoms with van der Waals surface area (Å²) in [7, 11) is 0. The summed E-state index contributed by atoms with van der Waals surface area (Å²) in [5, 5.41) is 26.7. The molecular weight excluding hydrogens is 413 g/mol. The quantitative estimate of drug-likeness (QED) is 0.469. The zero-order valence-electron chi connectivity index (χ0n) is 17.8. The van der Waals surface area contributed by atoms with Crippen molar-refractivity contribution in [3.05, 3.63) is 53.6 Å². The van der Waals surface area contributed by atoms with Gasteiger partial charge in [0.05, 0.1) is 18.8 Å². The Morgan fingerprint density at radius 1 is 1.25 bits per heavy atom. The van der Waals surface area contributed by atoms with Crippen LogP contribution in [0.15, 0.2) is 36.7 Å². The van der Waals surface area contributed by atoms with Gasteiger partial charge in [-0.3, -0.25) is 0 Å². The number of hydrogen-bond acceptors (Lipinski definition) is 7. The van der Waals surface area contributed by atoms with Crippen molar-refractivity contribution in [1.82, 2.24) is 19.9 Å². The third-order valence-corrected chi connectivity index (χ3v) is 6.11. The predicted molar refractivity (Wildman–Crippen MR) is 117 cm³/mol. The molecule has 8 nitrogen and oxygen atoms in total. The van der Waals surface area contributed by atoms with Crippen molar-refractivity contribution in [2.45, 2.75) is 50.4 Å². The first kappa shape index (κ1) is 21.1. The molecule has 1 unspecified atom stereocenters. The number of anilines is 1. The van der Waals surface area contributed by atoms with Crippen LogP contribution in [0, 0.1) is 5.82 Å². The lowest BCUT2D eigenvalue weighted by Gasteiger charge is -2.28. The van der Waals surface area contributed by atoms with Gasteiger partial charge >= 0.3 is 0 Å². The molecule has 1 saturated heterocycles. The molecule has 0 radical (unpaired) electrons. The summed E-state index contributed by atoms with van der Waals surface area (Å²) in [6, 6.07) is 6.86. The SMILES string of the molecule is OCC(O)COc1ccc(F)cc1[C@H]1CCCN1c1ccn2ncc(CNC3CC3)c2n1. The summed E-state index contributed by atoms with van der Waals surface area (Å²) < 4.78 is 21.7. The Balaban J connectivity index is 1.42. The second kappa shape index (κ2) is 9.01. The molecule has 32 heavy (non-hydrogen) atoms. The van der Waals surface area contributed by atoms with Crippen LogP contribution in [0.3, 0.4) is 0 Å². The molecule has 0 amide bonds. The molecule has 0 bridgehead atoms. The van der Waals surface area contributed by atoms with Gasteiger partial charge in [0.2, 0.25) is 0 Å². The van der Waals surface area contributed by atoms with Crippen molar-refractivity contribution in [3.8, 4) is 5.75 Å². The van der Waals surface area contributed by atoms with E-state index in [-0.39, 0.29) is 25.1 Å². The topological polar surface area (TPSA) is 95.2 Å². The summed E-state index contributed by atoms with van der Waals surface area (Å²) in [4.78, 5) is 7.09. The van der Waals surface area contributed by atoms with Crippen molar-refractivity contribution < 1.29 is 19.3 Å². The van der Waals surface area contributed by atoms with E-state index in [1.165, 1.54) is 25.0 Å². The van der Waals surface area contributed by atoms with E-state index in [9.17, 15) is 9.50 Å². The fourth-order valence-corrected chi connectivity index (χ4v) is 4.25. The van der Waals surface area contributed by atoms with E-state index in [2.05, 4.69) is 15.3 Å². The molecule has 3 heterocycles. The van der Waals surface area contributed by atoms with Gasteiger partial charge in [-0.1, -0.05) is 0 Å². The monoisotopic (exact) mass is 441 g/mol. The van der Waals surface area contributed by atoms with Crippen LogP contribution in [-0.2, 0) is 6.54 Å². The molecule has 9 heteroatoms. The highest BCUT2D eigenvalue weighted by atomic mass is 19.1. The van der Waals surface area contributed by atoms with E-state index in [0.29, 0.717) is 11.8 Å². The van der Waals surface area contributed by atoms with Gasteiger partial charge in [-0.05, 0) is 49.9 Å². The van der Waals surface area contributed by atoms with E-state index in [1.54, 1.807) is 10.6 Å². The number of halogens is 1. The van der Waals surface area contributed by atoms with Crippen molar-refractivity contribution in [2.75, 3.05) is 24.7 Å². The Morgan fingerprint density at radius 3 is 2.94 bits per heavy atom. The Bertz CT molecular complexity index is 1090. The largest absolute Gasteiger partial charge is 0.490 e. The molecule has 3 aromatic rings. The number of aromatic nitrogens is 3. The molecule has 1 aliphatic heterocycles. The van der Waals surface area contributed by atoms with Gasteiger partial charge in [0.25, 0.3) is 0 Å². The Hall–Kier alpha value is -2.75. The van der Waals surface area contributed by atoms with Gasteiger partial charge in [-0.25, -0.2) is 13.9 Å². The standard InChI is InChI=1S/C23H28FN5O3/c24-16-3-6-21(32-14-18(31)13-30)19(10-16)20-2-1-8-28(20)22-7-9-29-23(27-22)15(12-26-29)11-25-17-4-5-17/h3,6-7,9-10,12,17-18,20,25,30-31H,1-2,4-5,8,11,13-14H2/t18?,20-/m1/s1. The third-order valence-electron chi connectivity index (χ3n) is 6.11. The van der Waals surface area contributed by atoms with Gasteiger partial charge in [0, 0.05) is 36.5 Å². The second-order valence-corrected chi connectivity index (χ2v) is 8.56. The molecule has 1 aliphatic carbocycles. The Kier molecular flexibility index (Phi) is 5.95. The highest BCUT2D eigenvalue weighted by molar-refractivity contribution is 5.55. The number of nitrogens with one attached hydrogen (secondary N) is 1. The first-order valence-electron chi connectivity index (χ1n) is 11.2. The maximum Gasteiger partial charge on any atom is 0.161 e. The molecule has 3 N–H and O–H groups in total. The van der Waals surface area contributed by atoms with E-state index in [1.807, 2.05) is 18.5 Å². The summed E-state index contributed by atoms with van der Waals surface area (Å²) in [5.74, 6) is 0.990. The van der Waals surface area contributed by atoms with Crippen molar-refractivity contribution in [3.63, 3.8) is 0 Å². The maximum absolute atomic E-state index is 14.2. The number of ether oxygens (including phenoxy) is 1. The average molecular weight is 442 g/mol. The number of aliphatic hydroxyl groups is 2. The van der Waals surface area contributed by atoms with Gasteiger partial charge in [-0.15, -0.1) is 0 Å². The van der Waals surface area contributed by atoms with Crippen molar-refractivity contribution >= 4 is 11.5 Å². The van der Waals surface area contributed by atoms with E-state index in [4.69, 9.17) is 14.8 Å². The smallest absolute Gasteiger partial charge is 0.161 e. The molecule has 170 valence electrons. The van der Waals surface area contributed by atoms with Gasteiger partial charge in [0.15, 0.2) is 5.65 Å². The highest BCUT2D eigenvalue weighted by Gasteiger charge is 2.30. The maximum atomic E-state index is 14.2. The Labute approximate surface area is 185 Å². The lowest BCUT2D eigenvalue weighted by Crippen LogP contribution is -2.26. The minimum absolute atomic E-state index is 0.0563. The lowest BCUT2D eigenvalue weighted by molar-refractivity contribution is 0.0531. The van der Waals surface area contributed by atoms with E-state index < -0.39 is 6.10 Å². The van der Waals surface area contributed by atoms with Crippen LogP contribution in [0.2, 0.25) is 0 Å². The summed E-state index contributed by atoms with van der Waals surface area (Å²) in [5.41, 5.74) is 2.60. The molecule has 5 rings (SSSR count). The molecule has 2 aromatic heterocycles. The molecule has 0 spiro atoms. The number of nitrogens with zero attached hydrogens (tertiary/aromatic N) is 4. The first-order chi connectivity index (χ1) is 15.6. The van der Waals surface area contributed by atoms with Crippen LogP contribution in [0.4, 0.5) is 10.2 Å².